The van der Waals surface area contributed by atoms with Gasteiger partial charge < -0.3 is 20.8 Å². The molecule has 150 valence electrons. The third-order valence-electron chi connectivity index (χ3n) is 4.71. The fourth-order valence-electron chi connectivity index (χ4n) is 3.18. The summed E-state index contributed by atoms with van der Waals surface area (Å²) in [6.07, 6.45) is 4.05. The van der Waals surface area contributed by atoms with Crippen LogP contribution in [0.4, 0.5) is 0 Å². The Bertz CT molecular complexity index is 997. The summed E-state index contributed by atoms with van der Waals surface area (Å²) in [5.41, 5.74) is 6.92. The number of nitrogens with one attached hydrogen (secondary N) is 1. The maximum atomic E-state index is 12.6. The largest absolute Gasteiger partial charge is 0.485 e. The van der Waals surface area contributed by atoms with Gasteiger partial charge in [0.2, 0.25) is 10.0 Å². The van der Waals surface area contributed by atoms with Gasteiger partial charge in [-0.15, -0.1) is 0 Å². The van der Waals surface area contributed by atoms with Crippen LogP contribution >= 0.6 is 0 Å². The monoisotopic (exact) mass is 407 g/mol. The van der Waals surface area contributed by atoms with Crippen LogP contribution in [0.25, 0.3) is 0 Å². The molecule has 0 fully saturated rings. The summed E-state index contributed by atoms with van der Waals surface area (Å²) in [6, 6.07) is 3.85. The average Bonchev–Trinajstić information content (AvgIpc) is 3.01. The Balaban J connectivity index is 1.86. The van der Waals surface area contributed by atoms with Crippen LogP contribution in [0.15, 0.2) is 46.5 Å². The number of aliphatic carboxylic acids is 1. The predicted molar refractivity (Wildman–Crippen MR) is 102 cm³/mol. The first kappa shape index (κ1) is 19.9. The topological polar surface area (TPSA) is 151 Å². The molecule has 5 N–H and O–H groups in total. The van der Waals surface area contributed by atoms with Gasteiger partial charge in [-0.05, 0) is 24.1 Å². The Labute approximate surface area is 162 Å². The Morgan fingerprint density at radius 1 is 1.36 bits per heavy atom. The van der Waals surface area contributed by atoms with Gasteiger partial charge in [0.1, 0.15) is 17.9 Å². The third kappa shape index (κ3) is 3.60. The number of oxime groups is 1. The summed E-state index contributed by atoms with van der Waals surface area (Å²) < 4.78 is 33.4. The van der Waals surface area contributed by atoms with Crippen molar-refractivity contribution in [2.24, 2.45) is 16.8 Å². The Morgan fingerprint density at radius 3 is 2.68 bits per heavy atom. The maximum Gasteiger partial charge on any atom is 0.322 e. The number of nitrogens with zero attached hydrogens (tertiary/aromatic N) is 1. The first-order valence-corrected chi connectivity index (χ1v) is 10.1. The molecule has 3 rings (SSSR count). The number of allylic oxidation sites excluding steroid dienone is 1. The molecular weight excluding hydrogens is 386 g/mol. The second kappa shape index (κ2) is 7.28. The Kier molecular flexibility index (Phi) is 5.18. The van der Waals surface area contributed by atoms with Crippen molar-refractivity contribution in [1.82, 2.24) is 4.72 Å². The number of nitrogens with two attached hydrogens (primary N) is 1. The van der Waals surface area contributed by atoms with Crippen molar-refractivity contribution in [2.45, 2.75) is 31.9 Å². The van der Waals surface area contributed by atoms with Crippen molar-refractivity contribution in [3.63, 3.8) is 0 Å². The van der Waals surface area contributed by atoms with Crippen LogP contribution in [0.2, 0.25) is 0 Å². The van der Waals surface area contributed by atoms with Gasteiger partial charge in [0, 0.05) is 17.0 Å². The molecule has 0 saturated carbocycles. The van der Waals surface area contributed by atoms with Gasteiger partial charge in [0.25, 0.3) is 0 Å². The predicted octanol–water partition coefficient (Wildman–Crippen LogP) is 1.11. The third-order valence-corrected chi connectivity index (χ3v) is 6.17. The summed E-state index contributed by atoms with van der Waals surface area (Å²) >= 11 is 0. The van der Waals surface area contributed by atoms with Crippen LogP contribution in [-0.4, -0.2) is 42.7 Å². The van der Waals surface area contributed by atoms with E-state index in [1.807, 2.05) is 0 Å². The molecule has 1 aliphatic heterocycles. The number of amidine groups is 1. The molecule has 2 unspecified atom stereocenters. The highest BCUT2D eigenvalue weighted by molar-refractivity contribution is 7.93. The van der Waals surface area contributed by atoms with E-state index in [9.17, 15) is 18.3 Å². The van der Waals surface area contributed by atoms with Gasteiger partial charge in [-0.3, -0.25) is 4.79 Å². The maximum absolute atomic E-state index is 12.6. The lowest BCUT2D eigenvalue weighted by atomic mass is 9.91. The molecule has 1 aromatic carbocycles. The molecule has 0 radical (unpaired) electrons. The van der Waals surface area contributed by atoms with Crippen LogP contribution in [0.5, 0.6) is 5.75 Å². The van der Waals surface area contributed by atoms with Gasteiger partial charge in [-0.1, -0.05) is 37.2 Å². The summed E-state index contributed by atoms with van der Waals surface area (Å²) in [5, 5.41) is 21.0. The van der Waals surface area contributed by atoms with Crippen LogP contribution in [0.3, 0.4) is 0 Å². The molecule has 1 aliphatic carbocycles. The van der Waals surface area contributed by atoms with Crippen molar-refractivity contribution in [2.75, 3.05) is 0 Å². The lowest BCUT2D eigenvalue weighted by Crippen LogP contribution is -2.44. The number of sulfonamides is 1. The molecule has 2 aliphatic rings. The number of carbonyl (C=O) groups is 1. The molecule has 10 heteroatoms. The smallest absolute Gasteiger partial charge is 0.322 e. The second-order valence-corrected chi connectivity index (χ2v) is 8.67. The zero-order valence-electron chi connectivity index (χ0n) is 15.2. The van der Waals surface area contributed by atoms with E-state index in [1.54, 1.807) is 38.1 Å². The number of hydrogen-bond acceptors (Lipinski definition) is 6. The SMILES string of the molecule is CC(C)[C@H](NS(=O)(=O)C1=CC2Oc3cc(C(N)=NO)ccc3C2C=C1)C(=O)O. The Hall–Kier alpha value is -2.85. The zero-order chi connectivity index (χ0) is 20.6. The molecule has 9 nitrogen and oxygen atoms in total. The highest BCUT2D eigenvalue weighted by atomic mass is 32.2. The van der Waals surface area contributed by atoms with Gasteiger partial charge in [-0.2, -0.15) is 4.72 Å². The van der Waals surface area contributed by atoms with E-state index < -0.39 is 34.1 Å². The van der Waals surface area contributed by atoms with Gasteiger partial charge in [0.05, 0.1) is 4.91 Å². The van der Waals surface area contributed by atoms with Crippen molar-refractivity contribution < 1.29 is 28.3 Å². The van der Waals surface area contributed by atoms with Crippen LogP contribution in [-0.2, 0) is 14.8 Å². The fraction of sp³-hybridized carbons (Fsp3) is 0.333. The van der Waals surface area contributed by atoms with Crippen LogP contribution in [0, 0.1) is 5.92 Å². The first-order valence-electron chi connectivity index (χ1n) is 8.57. The standard InChI is InChI=1S/C18H21N3O6S/c1-9(2)16(18(22)23)21-28(25,26)11-4-6-13-12-5-3-10(17(19)20-24)7-14(12)27-15(13)8-11/h3-9,13,15-16,21,24H,1-2H3,(H2,19,20)(H,22,23)/t13?,15?,16-/m0/s1. The molecular formula is C18H21N3O6S. The van der Waals surface area contributed by atoms with Crippen LogP contribution < -0.4 is 15.2 Å². The van der Waals surface area contributed by atoms with Gasteiger partial charge in [0.15, 0.2) is 5.84 Å². The number of hydrogen-bond donors (Lipinski definition) is 4. The van der Waals surface area contributed by atoms with E-state index in [0.717, 1.165) is 5.56 Å². The van der Waals surface area contributed by atoms with Gasteiger partial charge >= 0.3 is 5.97 Å². The lowest BCUT2D eigenvalue weighted by molar-refractivity contribution is -0.140. The Morgan fingerprint density at radius 2 is 2.07 bits per heavy atom. The van der Waals surface area contributed by atoms with E-state index in [0.29, 0.717) is 11.3 Å². The molecule has 0 aromatic heterocycles. The summed E-state index contributed by atoms with van der Waals surface area (Å²) in [6.45, 7) is 3.25. The van der Waals surface area contributed by atoms with Crippen molar-refractivity contribution in [3.8, 4) is 5.75 Å². The summed E-state index contributed by atoms with van der Waals surface area (Å²) in [5.74, 6) is -1.39. The molecule has 0 spiro atoms. The fourth-order valence-corrected chi connectivity index (χ4v) is 4.59. The van der Waals surface area contributed by atoms with E-state index >= 15 is 0 Å². The second-order valence-electron chi connectivity index (χ2n) is 6.96. The van der Waals surface area contributed by atoms with E-state index in [-0.39, 0.29) is 16.7 Å². The lowest BCUT2D eigenvalue weighted by Gasteiger charge is -2.22. The number of ether oxygens (including phenoxy) is 1. The highest BCUT2D eigenvalue weighted by Gasteiger charge is 2.37. The first-order chi connectivity index (χ1) is 13.1. The highest BCUT2D eigenvalue weighted by Crippen LogP contribution is 2.42. The van der Waals surface area contributed by atoms with E-state index in [1.165, 1.54) is 12.2 Å². The number of carboxylic acids is 1. The normalized spacial score (nSPS) is 22.2. The van der Waals surface area contributed by atoms with Crippen molar-refractivity contribution >= 4 is 21.8 Å². The number of carboxylic acid groups (broad SMARTS) is 1. The van der Waals surface area contributed by atoms with Gasteiger partial charge in [-0.25, -0.2) is 8.42 Å². The van der Waals surface area contributed by atoms with Crippen molar-refractivity contribution in [3.05, 3.63) is 52.5 Å². The number of fused-ring (bicyclic) bond motifs is 3. The average molecular weight is 407 g/mol. The summed E-state index contributed by atoms with van der Waals surface area (Å²) in [7, 11) is -4.03. The molecule has 0 amide bonds. The number of rotatable bonds is 6. The molecule has 28 heavy (non-hydrogen) atoms. The molecule has 0 saturated heterocycles. The molecule has 3 atom stereocenters. The minimum absolute atomic E-state index is 0.0508. The van der Waals surface area contributed by atoms with Crippen LogP contribution in [0.1, 0.15) is 30.9 Å². The number of benzene rings is 1. The molecule has 1 heterocycles. The quantitative estimate of drug-likeness (QED) is 0.239. The van der Waals surface area contributed by atoms with E-state index in [2.05, 4.69) is 9.88 Å². The summed E-state index contributed by atoms with van der Waals surface area (Å²) in [4.78, 5) is 11.3. The minimum atomic E-state index is -4.03. The van der Waals surface area contributed by atoms with Crippen molar-refractivity contribution in [1.29, 1.82) is 0 Å². The van der Waals surface area contributed by atoms with E-state index in [4.69, 9.17) is 15.7 Å². The molecule has 1 aromatic rings. The zero-order valence-corrected chi connectivity index (χ0v) is 16.1. The minimum Gasteiger partial charge on any atom is -0.485 e. The molecule has 0 bridgehead atoms.